The molecular formula is C20H29N3O4. The Morgan fingerprint density at radius 3 is 2.70 bits per heavy atom. The maximum absolute atomic E-state index is 12.3. The number of hydrogen-bond acceptors (Lipinski definition) is 5. The second-order valence-electron chi connectivity index (χ2n) is 7.41. The Hall–Kier alpha value is -1.99. The van der Waals surface area contributed by atoms with Crippen molar-refractivity contribution in [3.63, 3.8) is 0 Å². The molecule has 27 heavy (non-hydrogen) atoms. The molecule has 7 nitrogen and oxygen atoms in total. The highest BCUT2D eigenvalue weighted by Crippen LogP contribution is 2.25. The van der Waals surface area contributed by atoms with Gasteiger partial charge in [-0.3, -0.25) is 14.6 Å². The van der Waals surface area contributed by atoms with E-state index >= 15 is 0 Å². The van der Waals surface area contributed by atoms with Crippen molar-refractivity contribution in [2.24, 2.45) is 5.92 Å². The number of ether oxygens (including phenoxy) is 1. The lowest BCUT2D eigenvalue weighted by Crippen LogP contribution is -2.51. The Labute approximate surface area is 159 Å². The predicted molar refractivity (Wildman–Crippen MR) is 100 cm³/mol. The molecule has 0 radical (unpaired) electrons. The fraction of sp³-hybridized carbons (Fsp3) is 0.650. The first kappa shape index (κ1) is 19.8. The molecule has 1 saturated heterocycles. The van der Waals surface area contributed by atoms with E-state index in [1.807, 2.05) is 0 Å². The summed E-state index contributed by atoms with van der Waals surface area (Å²) in [5.41, 5.74) is 0.353. The van der Waals surface area contributed by atoms with Crippen LogP contribution in [0.1, 0.15) is 55.4 Å². The molecular weight excluding hydrogens is 346 g/mol. The molecule has 7 heteroatoms. The minimum absolute atomic E-state index is 0.0194. The average molecular weight is 375 g/mol. The van der Waals surface area contributed by atoms with E-state index in [1.54, 1.807) is 24.4 Å². The minimum Gasteiger partial charge on any atom is -0.394 e. The third-order valence-corrected chi connectivity index (χ3v) is 5.50. The predicted octanol–water partition coefficient (Wildman–Crippen LogP) is 1.42. The van der Waals surface area contributed by atoms with E-state index in [4.69, 9.17) is 4.74 Å². The first-order valence-electron chi connectivity index (χ1n) is 9.93. The lowest BCUT2D eigenvalue weighted by atomic mass is 9.97. The van der Waals surface area contributed by atoms with Gasteiger partial charge in [-0.15, -0.1) is 0 Å². The van der Waals surface area contributed by atoms with Gasteiger partial charge in [-0.25, -0.2) is 0 Å². The molecule has 1 aromatic rings. The van der Waals surface area contributed by atoms with Gasteiger partial charge in [0.05, 0.1) is 18.8 Å². The van der Waals surface area contributed by atoms with Gasteiger partial charge in [-0.2, -0.15) is 0 Å². The van der Waals surface area contributed by atoms with E-state index in [-0.39, 0.29) is 36.5 Å². The number of amides is 2. The molecule has 148 valence electrons. The van der Waals surface area contributed by atoms with Crippen LogP contribution in [0.25, 0.3) is 0 Å². The van der Waals surface area contributed by atoms with Crippen LogP contribution in [-0.2, 0) is 9.53 Å². The van der Waals surface area contributed by atoms with Gasteiger partial charge >= 0.3 is 0 Å². The van der Waals surface area contributed by atoms with Crippen molar-refractivity contribution >= 4 is 11.8 Å². The summed E-state index contributed by atoms with van der Waals surface area (Å²) in [5, 5.41) is 15.6. The molecule has 0 bridgehead atoms. The Bertz CT molecular complexity index is 619. The standard InChI is InChI=1S/C20H29N3O4/c24-13-18-16(23-20(26)17-7-3-4-11-21-17)9-8-15(27-18)10-12-22-19(25)14-5-1-2-6-14/h3-4,7,11,14-16,18,24H,1-2,5-6,8-10,12-13H2,(H,22,25)(H,23,26)/t15-,16+,18+/m0/s1. The SMILES string of the molecule is O=C(N[C@@H]1CC[C@@H](CCNC(=O)C2CCCC2)O[C@@H]1CO)c1ccccn1. The van der Waals surface area contributed by atoms with Crippen LogP contribution in [0, 0.1) is 5.92 Å². The molecule has 3 N–H and O–H groups in total. The molecule has 1 saturated carbocycles. The summed E-state index contributed by atoms with van der Waals surface area (Å²) in [7, 11) is 0. The Morgan fingerprint density at radius 1 is 1.19 bits per heavy atom. The zero-order valence-corrected chi connectivity index (χ0v) is 15.6. The van der Waals surface area contributed by atoms with Gasteiger partial charge in [-0.1, -0.05) is 18.9 Å². The summed E-state index contributed by atoms with van der Waals surface area (Å²) >= 11 is 0. The largest absolute Gasteiger partial charge is 0.394 e. The highest BCUT2D eigenvalue weighted by Gasteiger charge is 2.32. The number of nitrogens with one attached hydrogen (secondary N) is 2. The second-order valence-corrected chi connectivity index (χ2v) is 7.41. The van der Waals surface area contributed by atoms with Crippen LogP contribution in [0.15, 0.2) is 24.4 Å². The zero-order chi connectivity index (χ0) is 19.1. The lowest BCUT2D eigenvalue weighted by Gasteiger charge is -2.36. The second kappa shape index (κ2) is 9.80. The van der Waals surface area contributed by atoms with Crippen LogP contribution in [0.4, 0.5) is 0 Å². The number of rotatable bonds is 7. The van der Waals surface area contributed by atoms with Crippen molar-refractivity contribution in [1.29, 1.82) is 0 Å². The Balaban J connectivity index is 1.42. The topological polar surface area (TPSA) is 101 Å². The quantitative estimate of drug-likeness (QED) is 0.669. The highest BCUT2D eigenvalue weighted by atomic mass is 16.5. The first-order chi connectivity index (χ1) is 13.2. The molecule has 3 atom stereocenters. The Kier molecular flexibility index (Phi) is 7.18. The maximum atomic E-state index is 12.3. The number of nitrogens with zero attached hydrogens (tertiary/aromatic N) is 1. The molecule has 3 rings (SSSR count). The van der Waals surface area contributed by atoms with Crippen molar-refractivity contribution < 1.29 is 19.4 Å². The van der Waals surface area contributed by atoms with E-state index in [0.29, 0.717) is 12.2 Å². The Morgan fingerprint density at radius 2 is 2.00 bits per heavy atom. The number of aliphatic hydroxyl groups excluding tert-OH is 1. The number of pyridine rings is 1. The summed E-state index contributed by atoms with van der Waals surface area (Å²) in [6, 6.07) is 4.93. The fourth-order valence-electron chi connectivity index (χ4n) is 3.94. The molecule has 0 unspecified atom stereocenters. The molecule has 2 amide bonds. The van der Waals surface area contributed by atoms with Crippen LogP contribution in [-0.4, -0.2) is 53.3 Å². The van der Waals surface area contributed by atoms with Crippen LogP contribution in [0.5, 0.6) is 0 Å². The van der Waals surface area contributed by atoms with Crippen molar-refractivity contribution in [2.45, 2.75) is 63.2 Å². The van der Waals surface area contributed by atoms with Crippen molar-refractivity contribution in [3.8, 4) is 0 Å². The third-order valence-electron chi connectivity index (χ3n) is 5.50. The number of aliphatic hydroxyl groups is 1. The number of carbonyl (C=O) groups excluding carboxylic acids is 2. The minimum atomic E-state index is -0.443. The van der Waals surface area contributed by atoms with Gasteiger partial charge in [0.25, 0.3) is 5.91 Å². The molecule has 0 spiro atoms. The van der Waals surface area contributed by atoms with Crippen LogP contribution < -0.4 is 10.6 Å². The summed E-state index contributed by atoms with van der Waals surface area (Å²) in [5.74, 6) is 0.0705. The first-order valence-corrected chi connectivity index (χ1v) is 9.93. The molecule has 1 aliphatic heterocycles. The van der Waals surface area contributed by atoms with Crippen LogP contribution in [0.2, 0.25) is 0 Å². The van der Waals surface area contributed by atoms with Gasteiger partial charge < -0.3 is 20.5 Å². The number of carbonyl (C=O) groups is 2. The third kappa shape index (κ3) is 5.49. The van der Waals surface area contributed by atoms with Gasteiger partial charge in [0, 0.05) is 18.7 Å². The summed E-state index contributed by atoms with van der Waals surface area (Å²) in [6.45, 7) is 0.432. The summed E-state index contributed by atoms with van der Waals surface area (Å²) < 4.78 is 5.96. The maximum Gasteiger partial charge on any atom is 0.270 e. The lowest BCUT2D eigenvalue weighted by molar-refractivity contribution is -0.125. The molecule has 2 heterocycles. The van der Waals surface area contributed by atoms with E-state index in [9.17, 15) is 14.7 Å². The number of aromatic nitrogens is 1. The van der Waals surface area contributed by atoms with E-state index in [2.05, 4.69) is 15.6 Å². The van der Waals surface area contributed by atoms with Crippen molar-refractivity contribution in [1.82, 2.24) is 15.6 Å². The highest BCUT2D eigenvalue weighted by molar-refractivity contribution is 5.92. The number of hydrogen-bond donors (Lipinski definition) is 3. The summed E-state index contributed by atoms with van der Waals surface area (Å²) in [4.78, 5) is 28.4. The monoisotopic (exact) mass is 375 g/mol. The molecule has 2 fully saturated rings. The van der Waals surface area contributed by atoms with Gasteiger partial charge in [0.1, 0.15) is 11.8 Å². The van der Waals surface area contributed by atoms with Gasteiger partial charge in [0.15, 0.2) is 0 Å². The fourth-order valence-corrected chi connectivity index (χ4v) is 3.94. The normalized spacial score (nSPS) is 25.9. The smallest absolute Gasteiger partial charge is 0.270 e. The molecule has 1 aliphatic carbocycles. The van der Waals surface area contributed by atoms with Crippen molar-refractivity contribution in [2.75, 3.05) is 13.2 Å². The zero-order valence-electron chi connectivity index (χ0n) is 15.6. The van der Waals surface area contributed by atoms with Crippen molar-refractivity contribution in [3.05, 3.63) is 30.1 Å². The molecule has 0 aromatic carbocycles. The van der Waals surface area contributed by atoms with E-state index in [1.165, 1.54) is 0 Å². The van der Waals surface area contributed by atoms with Gasteiger partial charge in [0.2, 0.25) is 5.91 Å². The summed E-state index contributed by atoms with van der Waals surface area (Å²) in [6.07, 6.45) is 7.62. The van der Waals surface area contributed by atoms with Gasteiger partial charge in [-0.05, 0) is 44.2 Å². The van der Waals surface area contributed by atoms with E-state index < -0.39 is 6.10 Å². The molecule has 1 aromatic heterocycles. The van der Waals surface area contributed by atoms with Crippen LogP contribution >= 0.6 is 0 Å². The average Bonchev–Trinajstić information content (AvgIpc) is 3.24. The van der Waals surface area contributed by atoms with E-state index in [0.717, 1.165) is 44.9 Å². The molecule has 2 aliphatic rings. The van der Waals surface area contributed by atoms with Crippen LogP contribution in [0.3, 0.4) is 0 Å².